The van der Waals surface area contributed by atoms with Crippen molar-refractivity contribution in [2.45, 2.75) is 105 Å². The maximum Gasteiger partial charge on any atom is 0.0564 e. The van der Waals surface area contributed by atoms with Gasteiger partial charge in [0.1, 0.15) is 0 Å². The van der Waals surface area contributed by atoms with Crippen LogP contribution < -0.4 is 0 Å². The zero-order valence-electron chi connectivity index (χ0n) is 15.7. The van der Waals surface area contributed by atoms with Crippen molar-refractivity contribution in [1.82, 2.24) is 0 Å². The first-order valence-corrected chi connectivity index (χ1v) is 11.3. The Morgan fingerprint density at radius 3 is 1.47 bits per heavy atom. The normalized spacial score (nSPS) is 16.6. The van der Waals surface area contributed by atoms with Gasteiger partial charge in [-0.3, -0.25) is 0 Å². The zero-order chi connectivity index (χ0) is 15.7. The summed E-state index contributed by atoms with van der Waals surface area (Å²) >= 11 is 0. The van der Waals surface area contributed by atoms with Crippen LogP contribution in [0, 0.1) is 10.8 Å². The molecule has 0 aromatic rings. The molecule has 0 radical (unpaired) electrons. The summed E-state index contributed by atoms with van der Waals surface area (Å²) in [6, 6.07) is 0. The molecule has 0 aromatic carbocycles. The van der Waals surface area contributed by atoms with Crippen molar-refractivity contribution in [3.63, 3.8) is 0 Å². The molecule has 0 aliphatic heterocycles. The van der Waals surface area contributed by atoms with E-state index in [4.69, 9.17) is 0 Å². The van der Waals surface area contributed by atoms with Gasteiger partial charge in [-0.05, 0) is 27.8 Å². The van der Waals surface area contributed by atoms with Crippen LogP contribution in [0.5, 0.6) is 0 Å². The smallest absolute Gasteiger partial charge is 0.0564 e. The Bertz CT molecular complexity index is 279. The molecule has 0 bridgehead atoms. The second-order valence-corrected chi connectivity index (χ2v) is 15.2. The van der Waals surface area contributed by atoms with Crippen LogP contribution in [0.25, 0.3) is 0 Å². The van der Waals surface area contributed by atoms with Crippen molar-refractivity contribution in [3.05, 3.63) is 0 Å². The highest BCUT2D eigenvalue weighted by Crippen LogP contribution is 2.56. The highest BCUT2D eigenvalue weighted by atomic mass is 28.3. The molecular formula is C18H40Si. The highest BCUT2D eigenvalue weighted by molar-refractivity contribution is 6.81. The lowest BCUT2D eigenvalue weighted by Crippen LogP contribution is -2.48. The van der Waals surface area contributed by atoms with Crippen LogP contribution in [-0.2, 0) is 0 Å². The van der Waals surface area contributed by atoms with Crippen LogP contribution in [0.15, 0.2) is 0 Å². The van der Waals surface area contributed by atoms with E-state index in [9.17, 15) is 0 Å². The van der Waals surface area contributed by atoms with Gasteiger partial charge in [0.25, 0.3) is 0 Å². The van der Waals surface area contributed by atoms with Gasteiger partial charge in [-0.15, -0.1) is 0 Å². The molecule has 0 aromatic heterocycles. The molecule has 0 saturated heterocycles. The molecule has 1 unspecified atom stereocenters. The lowest BCUT2D eigenvalue weighted by molar-refractivity contribution is 0.219. The summed E-state index contributed by atoms with van der Waals surface area (Å²) in [4.78, 5) is 0. The first-order chi connectivity index (χ1) is 8.21. The van der Waals surface area contributed by atoms with E-state index in [2.05, 4.69) is 75.4 Å². The maximum atomic E-state index is 2.63. The number of rotatable bonds is 6. The first kappa shape index (κ1) is 19.2. The summed E-state index contributed by atoms with van der Waals surface area (Å²) in [5.74, 6) is 0. The molecule has 0 N–H and O–H groups in total. The Labute approximate surface area is 124 Å². The van der Waals surface area contributed by atoms with Gasteiger partial charge in [0.05, 0.1) is 8.07 Å². The van der Waals surface area contributed by atoms with Crippen molar-refractivity contribution in [2.75, 3.05) is 0 Å². The van der Waals surface area contributed by atoms with Gasteiger partial charge in [-0.2, -0.15) is 0 Å². The summed E-state index contributed by atoms with van der Waals surface area (Å²) in [7, 11) is -1.32. The fourth-order valence-electron chi connectivity index (χ4n) is 2.97. The molecular weight excluding hydrogens is 244 g/mol. The van der Waals surface area contributed by atoms with Crippen molar-refractivity contribution in [3.8, 4) is 0 Å². The molecule has 19 heavy (non-hydrogen) atoms. The van der Waals surface area contributed by atoms with Crippen molar-refractivity contribution in [2.24, 2.45) is 10.8 Å². The minimum atomic E-state index is -1.32. The van der Waals surface area contributed by atoms with E-state index >= 15 is 0 Å². The van der Waals surface area contributed by atoms with Gasteiger partial charge in [0.15, 0.2) is 0 Å². The third-order valence-corrected chi connectivity index (χ3v) is 13.0. The van der Waals surface area contributed by atoms with Crippen molar-refractivity contribution in [1.29, 1.82) is 0 Å². The predicted octanol–water partition coefficient (Wildman–Crippen LogP) is 7.13. The summed E-state index contributed by atoms with van der Waals surface area (Å²) in [5.41, 5.74) is 1.84. The van der Waals surface area contributed by atoms with Gasteiger partial charge >= 0.3 is 0 Å². The van der Waals surface area contributed by atoms with Gasteiger partial charge in [-0.1, -0.05) is 88.2 Å². The van der Waals surface area contributed by atoms with Gasteiger partial charge in [-0.25, -0.2) is 0 Å². The minimum absolute atomic E-state index is 0.468. The van der Waals surface area contributed by atoms with Crippen LogP contribution in [0.3, 0.4) is 0 Å². The molecule has 0 aliphatic carbocycles. The molecule has 116 valence electrons. The average molecular weight is 285 g/mol. The van der Waals surface area contributed by atoms with E-state index in [-0.39, 0.29) is 0 Å². The Balaban J connectivity index is 5.56. The van der Waals surface area contributed by atoms with Crippen LogP contribution >= 0.6 is 0 Å². The molecule has 0 nitrogen and oxygen atoms in total. The molecule has 0 heterocycles. The average Bonchev–Trinajstić information content (AvgIpc) is 2.24. The maximum absolute atomic E-state index is 2.63. The SMILES string of the molecule is CCC(C)(C)CC(C(C)(C)CC)[Si](C)(C)C(C)(C)C. The van der Waals surface area contributed by atoms with Crippen molar-refractivity contribution < 1.29 is 0 Å². The molecule has 0 amide bonds. The van der Waals surface area contributed by atoms with Crippen LogP contribution in [0.1, 0.15) is 81.6 Å². The summed E-state index contributed by atoms with van der Waals surface area (Å²) < 4.78 is 0. The standard InChI is InChI=1S/C18H40Si/c1-12-17(6,7)14-15(18(8,9)13-2)19(10,11)16(3,4)5/h15H,12-14H2,1-11H3. The van der Waals surface area contributed by atoms with Gasteiger partial charge in [0.2, 0.25) is 0 Å². The van der Waals surface area contributed by atoms with E-state index in [0.717, 1.165) is 5.54 Å². The number of hydrogen-bond donors (Lipinski definition) is 0. The Morgan fingerprint density at radius 1 is 0.789 bits per heavy atom. The second-order valence-electron chi connectivity index (χ2n) is 9.59. The van der Waals surface area contributed by atoms with Gasteiger partial charge in [0, 0.05) is 0 Å². The molecule has 1 atom stereocenters. The van der Waals surface area contributed by atoms with Crippen LogP contribution in [-0.4, -0.2) is 8.07 Å². The third kappa shape index (κ3) is 4.62. The van der Waals surface area contributed by atoms with Gasteiger partial charge < -0.3 is 0 Å². The lowest BCUT2D eigenvalue weighted by Gasteiger charge is -2.52. The van der Waals surface area contributed by atoms with E-state index in [1.807, 2.05) is 0 Å². The van der Waals surface area contributed by atoms with E-state index in [1.165, 1.54) is 19.3 Å². The summed E-state index contributed by atoms with van der Waals surface area (Å²) in [6.45, 7) is 27.3. The lowest BCUT2D eigenvalue weighted by atomic mass is 9.76. The largest absolute Gasteiger partial charge is 0.0687 e. The van der Waals surface area contributed by atoms with Crippen LogP contribution in [0.2, 0.25) is 23.7 Å². The summed E-state index contributed by atoms with van der Waals surface area (Å²) in [6.07, 6.45) is 3.97. The van der Waals surface area contributed by atoms with Crippen LogP contribution in [0.4, 0.5) is 0 Å². The third-order valence-electron chi connectivity index (χ3n) is 6.37. The number of hydrogen-bond acceptors (Lipinski definition) is 0. The quantitative estimate of drug-likeness (QED) is 0.455. The minimum Gasteiger partial charge on any atom is -0.0687 e. The molecule has 0 spiro atoms. The fourth-order valence-corrected chi connectivity index (χ4v) is 7.24. The zero-order valence-corrected chi connectivity index (χ0v) is 16.7. The van der Waals surface area contributed by atoms with Crippen molar-refractivity contribution >= 4 is 8.07 Å². The first-order valence-electron chi connectivity index (χ1n) is 8.21. The Morgan fingerprint density at radius 2 is 1.21 bits per heavy atom. The second kappa shape index (κ2) is 5.91. The van der Waals surface area contributed by atoms with E-state index in [0.29, 0.717) is 15.9 Å². The Hall–Kier alpha value is 0.217. The molecule has 1 heteroatoms. The van der Waals surface area contributed by atoms with E-state index in [1.54, 1.807) is 0 Å². The molecule has 0 saturated carbocycles. The Kier molecular flexibility index (Phi) is 5.98. The topological polar surface area (TPSA) is 0 Å². The van der Waals surface area contributed by atoms with E-state index < -0.39 is 8.07 Å². The monoisotopic (exact) mass is 284 g/mol. The molecule has 0 fully saturated rings. The molecule has 0 aliphatic rings. The molecule has 0 rings (SSSR count). The summed E-state index contributed by atoms with van der Waals surface area (Å²) in [5, 5.41) is 0.480. The predicted molar refractivity (Wildman–Crippen MR) is 93.7 cm³/mol. The fraction of sp³-hybridized carbons (Fsp3) is 1.00. The highest BCUT2D eigenvalue weighted by Gasteiger charge is 2.48.